The molecule has 1 aromatic heterocycles. The first kappa shape index (κ1) is 16.0. The molecule has 0 bridgehead atoms. The molecule has 6 nitrogen and oxygen atoms in total. The van der Waals surface area contributed by atoms with E-state index in [1.807, 2.05) is 30.3 Å². The zero-order valence-electron chi connectivity index (χ0n) is 13.7. The Kier molecular flexibility index (Phi) is 3.88. The maximum atomic E-state index is 13.1. The van der Waals surface area contributed by atoms with Crippen molar-refractivity contribution in [1.82, 2.24) is 15.2 Å². The molecule has 1 aliphatic heterocycles. The van der Waals surface area contributed by atoms with Gasteiger partial charge in [-0.3, -0.25) is 19.7 Å². The first-order chi connectivity index (χ1) is 12.0. The van der Waals surface area contributed by atoms with Gasteiger partial charge in [0, 0.05) is 11.6 Å². The standard InChI is InChI=1S/C18H17N3O3S/c1-10-15(25-17(19-10)11-5-3-2-4-6-11)18(24)21(12-7-8-12)13-9-14(22)20-16(13)23/h2-6,12-13H,7-9H2,1H3,(H,20,22,23)/t13-/m1/s1. The van der Waals surface area contributed by atoms with E-state index in [1.54, 1.807) is 11.8 Å². The maximum Gasteiger partial charge on any atom is 0.266 e. The van der Waals surface area contributed by atoms with Crippen molar-refractivity contribution in [3.63, 3.8) is 0 Å². The molecule has 2 aromatic rings. The minimum absolute atomic E-state index is 0.0378. The molecule has 1 saturated heterocycles. The third kappa shape index (κ3) is 2.95. The largest absolute Gasteiger partial charge is 0.322 e. The Morgan fingerprint density at radius 1 is 1.24 bits per heavy atom. The number of imide groups is 1. The number of nitrogens with zero attached hydrogens (tertiary/aromatic N) is 2. The van der Waals surface area contributed by atoms with Crippen LogP contribution >= 0.6 is 11.3 Å². The average molecular weight is 355 g/mol. The summed E-state index contributed by atoms with van der Waals surface area (Å²) in [5.41, 5.74) is 1.62. The highest BCUT2D eigenvalue weighted by molar-refractivity contribution is 7.17. The molecule has 0 unspecified atom stereocenters. The van der Waals surface area contributed by atoms with Crippen molar-refractivity contribution in [2.75, 3.05) is 0 Å². The number of hydrogen-bond acceptors (Lipinski definition) is 5. The number of thiazole rings is 1. The van der Waals surface area contributed by atoms with Gasteiger partial charge in [0.15, 0.2) is 0 Å². The van der Waals surface area contributed by atoms with Crippen LogP contribution in [0.1, 0.15) is 34.6 Å². The number of nitrogens with one attached hydrogen (secondary N) is 1. The summed E-state index contributed by atoms with van der Waals surface area (Å²) in [6, 6.07) is 9.03. The van der Waals surface area contributed by atoms with Crippen molar-refractivity contribution in [3.8, 4) is 10.6 Å². The third-order valence-electron chi connectivity index (χ3n) is 4.47. The van der Waals surface area contributed by atoms with Crippen molar-refractivity contribution in [1.29, 1.82) is 0 Å². The zero-order chi connectivity index (χ0) is 17.6. The number of hydrogen-bond donors (Lipinski definition) is 1. The molecule has 1 saturated carbocycles. The van der Waals surface area contributed by atoms with Crippen LogP contribution in [0.4, 0.5) is 0 Å². The molecular weight excluding hydrogens is 338 g/mol. The second-order valence-corrected chi connectivity index (χ2v) is 7.37. The van der Waals surface area contributed by atoms with Crippen molar-refractivity contribution >= 4 is 29.1 Å². The highest BCUT2D eigenvalue weighted by atomic mass is 32.1. The van der Waals surface area contributed by atoms with Gasteiger partial charge in [0.25, 0.3) is 5.91 Å². The van der Waals surface area contributed by atoms with Gasteiger partial charge in [-0.2, -0.15) is 0 Å². The van der Waals surface area contributed by atoms with E-state index in [1.165, 1.54) is 11.3 Å². The summed E-state index contributed by atoms with van der Waals surface area (Å²) in [5, 5.41) is 3.08. The van der Waals surface area contributed by atoms with Gasteiger partial charge in [-0.15, -0.1) is 11.3 Å². The smallest absolute Gasteiger partial charge is 0.266 e. The second kappa shape index (κ2) is 6.07. The number of carbonyl (C=O) groups is 3. The zero-order valence-corrected chi connectivity index (χ0v) is 14.5. The number of aromatic nitrogens is 1. The second-order valence-electron chi connectivity index (χ2n) is 6.38. The summed E-state index contributed by atoms with van der Waals surface area (Å²) < 4.78 is 0. The summed E-state index contributed by atoms with van der Waals surface area (Å²) >= 11 is 1.34. The fourth-order valence-electron chi connectivity index (χ4n) is 3.10. The first-order valence-corrected chi connectivity index (χ1v) is 9.05. The Morgan fingerprint density at radius 3 is 2.56 bits per heavy atom. The van der Waals surface area contributed by atoms with Gasteiger partial charge in [0.05, 0.1) is 12.1 Å². The van der Waals surface area contributed by atoms with Crippen LogP contribution in [0.25, 0.3) is 10.6 Å². The highest BCUT2D eigenvalue weighted by Crippen LogP contribution is 2.35. The number of carbonyl (C=O) groups excluding carboxylic acids is 3. The Morgan fingerprint density at radius 2 is 1.96 bits per heavy atom. The van der Waals surface area contributed by atoms with Crippen LogP contribution in [0.15, 0.2) is 30.3 Å². The van der Waals surface area contributed by atoms with Crippen LogP contribution in [0.5, 0.6) is 0 Å². The van der Waals surface area contributed by atoms with Crippen LogP contribution in [-0.2, 0) is 9.59 Å². The van der Waals surface area contributed by atoms with Gasteiger partial charge in [-0.1, -0.05) is 30.3 Å². The highest BCUT2D eigenvalue weighted by Gasteiger charge is 2.45. The number of amides is 3. The van der Waals surface area contributed by atoms with E-state index in [-0.39, 0.29) is 30.2 Å². The summed E-state index contributed by atoms with van der Waals surface area (Å²) in [5.74, 6) is -0.898. The van der Waals surface area contributed by atoms with Gasteiger partial charge >= 0.3 is 0 Å². The van der Waals surface area contributed by atoms with E-state index in [0.717, 1.165) is 23.4 Å². The first-order valence-electron chi connectivity index (χ1n) is 8.24. The Labute approximate surface area is 148 Å². The summed E-state index contributed by atoms with van der Waals surface area (Å²) in [4.78, 5) is 43.4. The van der Waals surface area contributed by atoms with Crippen LogP contribution in [0, 0.1) is 6.92 Å². The summed E-state index contributed by atoms with van der Waals surface area (Å²) in [6.07, 6.45) is 1.78. The lowest BCUT2D eigenvalue weighted by molar-refractivity contribution is -0.126. The molecule has 0 radical (unpaired) electrons. The van der Waals surface area contributed by atoms with Crippen LogP contribution in [0.2, 0.25) is 0 Å². The lowest BCUT2D eigenvalue weighted by Gasteiger charge is -2.26. The predicted molar refractivity (Wildman–Crippen MR) is 93.0 cm³/mol. The normalized spacial score (nSPS) is 19.8. The van der Waals surface area contributed by atoms with Gasteiger partial charge in [0.2, 0.25) is 11.8 Å². The van der Waals surface area contributed by atoms with Crippen molar-refractivity contribution in [2.24, 2.45) is 0 Å². The van der Waals surface area contributed by atoms with Crippen LogP contribution in [0.3, 0.4) is 0 Å². The van der Waals surface area contributed by atoms with E-state index >= 15 is 0 Å². The molecule has 4 rings (SSSR count). The van der Waals surface area contributed by atoms with Gasteiger partial charge in [-0.25, -0.2) is 4.98 Å². The number of aryl methyl sites for hydroxylation is 1. The van der Waals surface area contributed by atoms with E-state index < -0.39 is 6.04 Å². The average Bonchev–Trinajstić information content (AvgIpc) is 3.27. The fourth-order valence-corrected chi connectivity index (χ4v) is 4.11. The number of rotatable bonds is 4. The van der Waals surface area contributed by atoms with E-state index in [4.69, 9.17) is 0 Å². The molecule has 1 aromatic carbocycles. The molecule has 2 fully saturated rings. The van der Waals surface area contributed by atoms with Crippen LogP contribution < -0.4 is 5.32 Å². The third-order valence-corrected chi connectivity index (χ3v) is 5.66. The summed E-state index contributed by atoms with van der Waals surface area (Å²) in [6.45, 7) is 1.81. The molecule has 1 N–H and O–H groups in total. The Balaban J connectivity index is 1.66. The van der Waals surface area contributed by atoms with E-state index in [0.29, 0.717) is 10.6 Å². The SMILES string of the molecule is Cc1nc(-c2ccccc2)sc1C(=O)N(C1CC1)[C@@H]1CC(=O)NC1=O. The molecule has 7 heteroatoms. The van der Waals surface area contributed by atoms with Gasteiger partial charge in [-0.05, 0) is 19.8 Å². The van der Waals surface area contributed by atoms with E-state index in [2.05, 4.69) is 10.3 Å². The molecule has 3 amide bonds. The van der Waals surface area contributed by atoms with Crippen molar-refractivity contribution in [3.05, 3.63) is 40.9 Å². The Bertz CT molecular complexity index is 858. The monoisotopic (exact) mass is 355 g/mol. The van der Waals surface area contributed by atoms with Crippen molar-refractivity contribution < 1.29 is 14.4 Å². The molecule has 0 spiro atoms. The Hall–Kier alpha value is -2.54. The summed E-state index contributed by atoms with van der Waals surface area (Å²) in [7, 11) is 0. The maximum absolute atomic E-state index is 13.1. The minimum atomic E-state index is -0.700. The van der Waals surface area contributed by atoms with Gasteiger partial charge < -0.3 is 4.90 Å². The molecule has 128 valence electrons. The van der Waals surface area contributed by atoms with Gasteiger partial charge in [0.1, 0.15) is 15.9 Å². The quantitative estimate of drug-likeness (QED) is 0.852. The van der Waals surface area contributed by atoms with Crippen molar-refractivity contribution in [2.45, 2.75) is 38.3 Å². The molecule has 2 heterocycles. The fraction of sp³-hybridized carbons (Fsp3) is 0.333. The lowest BCUT2D eigenvalue weighted by Crippen LogP contribution is -2.45. The molecule has 1 atom stereocenters. The molecular formula is C18H17N3O3S. The lowest BCUT2D eigenvalue weighted by atomic mass is 10.2. The minimum Gasteiger partial charge on any atom is -0.322 e. The number of benzene rings is 1. The molecule has 1 aliphatic carbocycles. The topological polar surface area (TPSA) is 79.4 Å². The molecule has 25 heavy (non-hydrogen) atoms. The molecule has 2 aliphatic rings. The predicted octanol–water partition coefficient (Wildman–Crippen LogP) is 2.14. The van der Waals surface area contributed by atoms with E-state index in [9.17, 15) is 14.4 Å². The van der Waals surface area contributed by atoms with Crippen LogP contribution in [-0.4, -0.2) is 39.7 Å².